The van der Waals surface area contributed by atoms with Gasteiger partial charge in [0.15, 0.2) is 11.0 Å². The van der Waals surface area contributed by atoms with Crippen LogP contribution < -0.4 is 10.6 Å². The van der Waals surface area contributed by atoms with Crippen LogP contribution in [0.2, 0.25) is 5.02 Å². The summed E-state index contributed by atoms with van der Waals surface area (Å²) in [7, 11) is 0. The summed E-state index contributed by atoms with van der Waals surface area (Å²) in [6.45, 7) is 3.70. The van der Waals surface area contributed by atoms with E-state index in [1.807, 2.05) is 17.6 Å². The van der Waals surface area contributed by atoms with Crippen molar-refractivity contribution in [2.75, 3.05) is 23.0 Å². The van der Waals surface area contributed by atoms with Gasteiger partial charge in [-0.05, 0) is 61.7 Å². The Bertz CT molecular complexity index is 1100. The predicted molar refractivity (Wildman–Crippen MR) is 128 cm³/mol. The lowest BCUT2D eigenvalue weighted by Crippen LogP contribution is -2.20. The van der Waals surface area contributed by atoms with Gasteiger partial charge in [0.05, 0.1) is 24.9 Å². The predicted octanol–water partition coefficient (Wildman–Crippen LogP) is 4.90. The lowest BCUT2D eigenvalue weighted by atomic mass is 10.2. The summed E-state index contributed by atoms with van der Waals surface area (Å²) >= 11 is 7.37. The van der Waals surface area contributed by atoms with Gasteiger partial charge in [0.25, 0.3) is 0 Å². The number of carbonyl (C=O) groups excluding carboxylic acids is 1. The molecule has 2 heterocycles. The van der Waals surface area contributed by atoms with Crippen LogP contribution in [0.4, 0.5) is 15.8 Å². The number of aryl methyl sites for hydroxylation is 1. The number of nitrogens with zero attached hydrogens (tertiary/aromatic N) is 3. The molecule has 174 valence electrons. The molecule has 1 fully saturated rings. The second-order valence-electron chi connectivity index (χ2n) is 7.80. The summed E-state index contributed by atoms with van der Waals surface area (Å²) in [5.41, 5.74) is 2.42. The monoisotopic (exact) mass is 489 g/mol. The summed E-state index contributed by atoms with van der Waals surface area (Å²) in [5, 5.41) is 16.0. The van der Waals surface area contributed by atoms with Crippen LogP contribution in [-0.2, 0) is 22.6 Å². The van der Waals surface area contributed by atoms with Crippen molar-refractivity contribution >= 4 is 40.6 Å². The Balaban J connectivity index is 1.42. The van der Waals surface area contributed by atoms with Crippen molar-refractivity contribution < 1.29 is 13.9 Å². The van der Waals surface area contributed by atoms with Crippen LogP contribution in [0.15, 0.2) is 47.6 Å². The van der Waals surface area contributed by atoms with Crippen LogP contribution in [0.3, 0.4) is 0 Å². The first-order chi connectivity index (χ1) is 16.0. The van der Waals surface area contributed by atoms with E-state index in [0.717, 1.165) is 36.5 Å². The summed E-state index contributed by atoms with van der Waals surface area (Å²) in [6.07, 6.45) is 2.09. The number of halogens is 2. The normalized spacial score (nSPS) is 15.5. The third kappa shape index (κ3) is 6.46. The van der Waals surface area contributed by atoms with E-state index in [1.54, 1.807) is 24.3 Å². The highest BCUT2D eigenvalue weighted by Crippen LogP contribution is 2.24. The van der Waals surface area contributed by atoms with Crippen LogP contribution in [0.25, 0.3) is 0 Å². The molecule has 33 heavy (non-hydrogen) atoms. The Morgan fingerprint density at radius 1 is 1.27 bits per heavy atom. The van der Waals surface area contributed by atoms with Gasteiger partial charge in [-0.25, -0.2) is 4.39 Å². The van der Waals surface area contributed by atoms with Crippen molar-refractivity contribution in [2.24, 2.45) is 0 Å². The number of aromatic nitrogens is 3. The molecule has 7 nitrogen and oxygen atoms in total. The van der Waals surface area contributed by atoms with Crippen LogP contribution in [0.1, 0.15) is 24.2 Å². The molecule has 1 saturated heterocycles. The van der Waals surface area contributed by atoms with Crippen molar-refractivity contribution in [2.45, 2.75) is 44.1 Å². The Hall–Kier alpha value is -2.62. The molecule has 0 saturated carbocycles. The van der Waals surface area contributed by atoms with E-state index in [9.17, 15) is 9.18 Å². The highest BCUT2D eigenvalue weighted by molar-refractivity contribution is 7.99. The van der Waals surface area contributed by atoms with E-state index in [4.69, 9.17) is 16.3 Å². The number of benzene rings is 2. The fourth-order valence-electron chi connectivity index (χ4n) is 3.53. The third-order valence-electron chi connectivity index (χ3n) is 5.30. The largest absolute Gasteiger partial charge is 0.378 e. The molecular formula is C23H25ClFN5O2S. The van der Waals surface area contributed by atoms with Gasteiger partial charge in [-0.15, -0.1) is 10.2 Å². The molecule has 10 heteroatoms. The number of carbonyl (C=O) groups is 1. The Morgan fingerprint density at radius 2 is 2.09 bits per heavy atom. The highest BCUT2D eigenvalue weighted by Gasteiger charge is 2.21. The first kappa shape index (κ1) is 23.5. The standard InChI is InChI=1S/C23H25ClFN5O2S/c1-15-4-5-16(24)11-20(15)27-22(31)14-33-23-29-28-21(30(23)13-19-3-2-10-32-19)12-26-18-8-6-17(25)7-9-18/h4-9,11,19,26H,2-3,10,12-14H2,1H3,(H,27,31). The van der Waals surface area contributed by atoms with Crippen molar-refractivity contribution in [1.29, 1.82) is 0 Å². The van der Waals surface area contributed by atoms with Crippen molar-refractivity contribution in [3.8, 4) is 0 Å². The van der Waals surface area contributed by atoms with Gasteiger partial charge in [-0.1, -0.05) is 29.4 Å². The van der Waals surface area contributed by atoms with E-state index >= 15 is 0 Å². The number of anilines is 2. The lowest BCUT2D eigenvalue weighted by molar-refractivity contribution is -0.113. The first-order valence-corrected chi connectivity index (χ1v) is 12.1. The number of ether oxygens (including phenoxy) is 1. The maximum Gasteiger partial charge on any atom is 0.234 e. The molecule has 3 aromatic rings. The first-order valence-electron chi connectivity index (χ1n) is 10.7. The Kier molecular flexibility index (Phi) is 7.85. The Labute approximate surface area is 201 Å². The minimum absolute atomic E-state index is 0.0906. The van der Waals surface area contributed by atoms with Crippen molar-refractivity contribution in [3.05, 3.63) is 64.7 Å². The smallest absolute Gasteiger partial charge is 0.234 e. The van der Waals surface area contributed by atoms with E-state index < -0.39 is 0 Å². The summed E-state index contributed by atoms with van der Waals surface area (Å²) < 4.78 is 21.0. The van der Waals surface area contributed by atoms with Gasteiger partial charge >= 0.3 is 0 Å². The third-order valence-corrected chi connectivity index (χ3v) is 6.51. The highest BCUT2D eigenvalue weighted by atomic mass is 35.5. The SMILES string of the molecule is Cc1ccc(Cl)cc1NC(=O)CSc1nnc(CNc2ccc(F)cc2)n1CC1CCCO1. The molecule has 1 aliphatic rings. The molecule has 1 aliphatic heterocycles. The van der Waals surface area contributed by atoms with E-state index in [2.05, 4.69) is 20.8 Å². The molecule has 1 aromatic heterocycles. The van der Waals surface area contributed by atoms with Crippen LogP contribution in [-0.4, -0.2) is 39.1 Å². The average molecular weight is 490 g/mol. The molecule has 0 bridgehead atoms. The number of thioether (sulfide) groups is 1. The maximum atomic E-state index is 13.2. The molecule has 2 aromatic carbocycles. The van der Waals surface area contributed by atoms with Gasteiger partial charge in [0, 0.05) is 23.0 Å². The Morgan fingerprint density at radius 3 is 2.85 bits per heavy atom. The lowest BCUT2D eigenvalue weighted by Gasteiger charge is -2.15. The quantitative estimate of drug-likeness (QED) is 0.416. The molecule has 2 N–H and O–H groups in total. The van der Waals surface area contributed by atoms with Crippen LogP contribution in [0, 0.1) is 12.7 Å². The zero-order valence-corrected chi connectivity index (χ0v) is 19.8. The summed E-state index contributed by atoms with van der Waals surface area (Å²) in [6, 6.07) is 11.5. The summed E-state index contributed by atoms with van der Waals surface area (Å²) in [4.78, 5) is 12.6. The maximum absolute atomic E-state index is 13.2. The van der Waals surface area contributed by atoms with E-state index in [-0.39, 0.29) is 23.6 Å². The van der Waals surface area contributed by atoms with Crippen LogP contribution in [0.5, 0.6) is 0 Å². The molecule has 0 radical (unpaired) electrons. The number of nitrogens with one attached hydrogen (secondary N) is 2. The molecule has 1 atom stereocenters. The summed E-state index contributed by atoms with van der Waals surface area (Å²) in [5.74, 6) is 0.472. The number of rotatable bonds is 9. The second kappa shape index (κ2) is 11.0. The minimum Gasteiger partial charge on any atom is -0.378 e. The molecule has 4 rings (SSSR count). The fourth-order valence-corrected chi connectivity index (χ4v) is 4.46. The topological polar surface area (TPSA) is 81.1 Å². The number of amides is 1. The van der Waals surface area contributed by atoms with Crippen molar-refractivity contribution in [3.63, 3.8) is 0 Å². The van der Waals surface area contributed by atoms with Gasteiger partial charge in [0.2, 0.25) is 5.91 Å². The van der Waals surface area contributed by atoms with Gasteiger partial charge in [-0.2, -0.15) is 0 Å². The molecule has 0 aliphatic carbocycles. The molecular weight excluding hydrogens is 465 g/mol. The van der Waals surface area contributed by atoms with Gasteiger partial charge in [0.1, 0.15) is 5.82 Å². The van der Waals surface area contributed by atoms with E-state index in [1.165, 1.54) is 23.9 Å². The molecule has 0 spiro atoms. The number of hydrogen-bond acceptors (Lipinski definition) is 6. The fraction of sp³-hybridized carbons (Fsp3) is 0.348. The molecule has 1 unspecified atom stereocenters. The molecule has 1 amide bonds. The second-order valence-corrected chi connectivity index (χ2v) is 9.18. The van der Waals surface area contributed by atoms with Gasteiger partial charge in [-0.3, -0.25) is 4.79 Å². The van der Waals surface area contributed by atoms with Gasteiger partial charge < -0.3 is 19.9 Å². The van der Waals surface area contributed by atoms with E-state index in [0.29, 0.717) is 29.0 Å². The average Bonchev–Trinajstić information content (AvgIpc) is 3.45. The zero-order chi connectivity index (χ0) is 23.2. The number of hydrogen-bond donors (Lipinski definition) is 2. The van der Waals surface area contributed by atoms with Crippen LogP contribution >= 0.6 is 23.4 Å². The zero-order valence-electron chi connectivity index (χ0n) is 18.2. The minimum atomic E-state index is -0.285. The van der Waals surface area contributed by atoms with Crippen molar-refractivity contribution in [1.82, 2.24) is 14.8 Å².